The van der Waals surface area contributed by atoms with E-state index in [2.05, 4.69) is 0 Å². The first-order chi connectivity index (χ1) is 9.08. The number of hydrogen-bond donors (Lipinski definition) is 1. The lowest BCUT2D eigenvalue weighted by Gasteiger charge is -2.41. The zero-order chi connectivity index (χ0) is 13.9. The van der Waals surface area contributed by atoms with Crippen molar-refractivity contribution in [1.82, 2.24) is 4.90 Å². The molecule has 1 saturated carbocycles. The molecule has 1 aliphatic heterocycles. The van der Waals surface area contributed by atoms with Gasteiger partial charge >= 0.3 is 0 Å². The van der Waals surface area contributed by atoms with Gasteiger partial charge in [0.2, 0.25) is 11.8 Å². The Labute approximate surface area is 119 Å². The summed E-state index contributed by atoms with van der Waals surface area (Å²) in [6, 6.07) is 0. The Kier molecular flexibility index (Phi) is 4.55. The Balaban J connectivity index is 2.37. The Morgan fingerprint density at radius 1 is 0.947 bits per heavy atom. The van der Waals surface area contributed by atoms with Crippen LogP contribution in [-0.2, 0) is 9.59 Å². The van der Waals surface area contributed by atoms with Gasteiger partial charge in [0.15, 0.2) is 0 Å². The quantitative estimate of drug-likeness (QED) is 0.479. The minimum Gasteiger partial charge on any atom is -0.391 e. The summed E-state index contributed by atoms with van der Waals surface area (Å²) in [5, 5.41) is 0. The first kappa shape index (κ1) is 14.4. The zero-order valence-corrected chi connectivity index (χ0v) is 12.1. The standard InChI is InChI=1S/C14H22N2O2S/c15-13(19)14(9-5-1-2-6-10-14)16-11(17)7-3-4-8-12(16)18/h1-10H2,(H2,15,19). The molecule has 2 fully saturated rings. The zero-order valence-electron chi connectivity index (χ0n) is 11.3. The third-order valence-corrected chi connectivity index (χ3v) is 4.73. The molecule has 1 heterocycles. The van der Waals surface area contributed by atoms with E-state index in [1.54, 1.807) is 0 Å². The highest BCUT2D eigenvalue weighted by atomic mass is 32.1. The van der Waals surface area contributed by atoms with Gasteiger partial charge in [-0.05, 0) is 25.7 Å². The van der Waals surface area contributed by atoms with E-state index in [-0.39, 0.29) is 11.8 Å². The summed E-state index contributed by atoms with van der Waals surface area (Å²) in [7, 11) is 0. The minimum atomic E-state index is -0.690. The topological polar surface area (TPSA) is 63.4 Å². The van der Waals surface area contributed by atoms with Crippen molar-refractivity contribution in [2.75, 3.05) is 0 Å². The van der Waals surface area contributed by atoms with E-state index in [0.29, 0.717) is 17.8 Å². The van der Waals surface area contributed by atoms with Crippen molar-refractivity contribution < 1.29 is 9.59 Å². The lowest BCUT2D eigenvalue weighted by molar-refractivity contribution is -0.149. The highest BCUT2D eigenvalue weighted by Crippen LogP contribution is 2.35. The van der Waals surface area contributed by atoms with Gasteiger partial charge in [-0.25, -0.2) is 0 Å². The average Bonchev–Trinajstić information content (AvgIpc) is 2.69. The fourth-order valence-corrected chi connectivity index (χ4v) is 3.58. The van der Waals surface area contributed by atoms with Gasteiger partial charge in [0, 0.05) is 12.8 Å². The molecule has 2 aliphatic rings. The van der Waals surface area contributed by atoms with E-state index in [4.69, 9.17) is 18.0 Å². The Morgan fingerprint density at radius 3 is 1.84 bits per heavy atom. The normalized spacial score (nSPS) is 24.7. The minimum absolute atomic E-state index is 0.0859. The molecule has 4 nitrogen and oxygen atoms in total. The molecule has 1 aliphatic carbocycles. The van der Waals surface area contributed by atoms with Crippen LogP contribution in [0.3, 0.4) is 0 Å². The van der Waals surface area contributed by atoms with Crippen molar-refractivity contribution in [3.63, 3.8) is 0 Å². The molecule has 0 aromatic rings. The van der Waals surface area contributed by atoms with Gasteiger partial charge in [0.05, 0.1) is 4.99 Å². The predicted molar refractivity (Wildman–Crippen MR) is 77.5 cm³/mol. The Morgan fingerprint density at radius 2 is 1.42 bits per heavy atom. The van der Waals surface area contributed by atoms with Crippen molar-refractivity contribution in [3.8, 4) is 0 Å². The number of nitrogens with zero attached hydrogens (tertiary/aromatic N) is 1. The summed E-state index contributed by atoms with van der Waals surface area (Å²) >= 11 is 5.25. The van der Waals surface area contributed by atoms with Gasteiger partial charge in [-0.15, -0.1) is 0 Å². The molecule has 0 atom stereocenters. The lowest BCUT2D eigenvalue weighted by Crippen LogP contribution is -2.60. The SMILES string of the molecule is NC(=S)C1(N2C(=O)CCCCC2=O)CCCCCC1. The van der Waals surface area contributed by atoms with E-state index >= 15 is 0 Å². The lowest BCUT2D eigenvalue weighted by atomic mass is 9.87. The van der Waals surface area contributed by atoms with E-state index in [1.807, 2.05) is 0 Å². The van der Waals surface area contributed by atoms with Crippen molar-refractivity contribution >= 4 is 29.0 Å². The predicted octanol–water partition coefficient (Wildman–Crippen LogP) is 2.29. The summed E-state index contributed by atoms with van der Waals surface area (Å²) in [6.07, 6.45) is 8.14. The van der Waals surface area contributed by atoms with E-state index in [1.165, 1.54) is 4.90 Å². The number of likely N-dealkylation sites (tertiary alicyclic amines) is 1. The van der Waals surface area contributed by atoms with Crippen LogP contribution in [0.15, 0.2) is 0 Å². The molecule has 0 unspecified atom stereocenters. The van der Waals surface area contributed by atoms with Crippen LogP contribution < -0.4 is 5.73 Å². The molecular weight excluding hydrogens is 260 g/mol. The molecule has 2 N–H and O–H groups in total. The van der Waals surface area contributed by atoms with Crippen LogP contribution in [0.2, 0.25) is 0 Å². The number of carbonyl (C=O) groups excluding carboxylic acids is 2. The van der Waals surface area contributed by atoms with Crippen LogP contribution >= 0.6 is 12.2 Å². The second-order valence-corrected chi connectivity index (χ2v) is 6.08. The smallest absolute Gasteiger partial charge is 0.230 e. The van der Waals surface area contributed by atoms with Gasteiger partial charge in [-0.3, -0.25) is 14.5 Å². The van der Waals surface area contributed by atoms with Crippen LogP contribution in [0.4, 0.5) is 0 Å². The molecular formula is C14H22N2O2S. The monoisotopic (exact) mass is 282 g/mol. The third kappa shape index (κ3) is 2.81. The van der Waals surface area contributed by atoms with E-state index in [0.717, 1.165) is 51.4 Å². The third-order valence-electron chi connectivity index (χ3n) is 4.35. The summed E-state index contributed by atoms with van der Waals surface area (Å²) < 4.78 is 0. The number of carbonyl (C=O) groups is 2. The van der Waals surface area contributed by atoms with Crippen LogP contribution in [0.1, 0.15) is 64.2 Å². The number of hydrogen-bond acceptors (Lipinski definition) is 3. The fourth-order valence-electron chi connectivity index (χ4n) is 3.29. The largest absolute Gasteiger partial charge is 0.391 e. The van der Waals surface area contributed by atoms with E-state index < -0.39 is 5.54 Å². The number of imide groups is 1. The van der Waals surface area contributed by atoms with Crippen LogP contribution in [0, 0.1) is 0 Å². The number of nitrogens with two attached hydrogens (primary N) is 1. The van der Waals surface area contributed by atoms with Gasteiger partial charge in [-0.2, -0.15) is 0 Å². The molecule has 5 heteroatoms. The maximum atomic E-state index is 12.3. The van der Waals surface area contributed by atoms with Gasteiger partial charge < -0.3 is 5.73 Å². The Bertz CT molecular complexity index is 369. The molecule has 1 saturated heterocycles. The van der Waals surface area contributed by atoms with Gasteiger partial charge in [0.25, 0.3) is 0 Å². The molecule has 0 radical (unpaired) electrons. The summed E-state index contributed by atoms with van der Waals surface area (Å²) in [4.78, 5) is 26.4. The van der Waals surface area contributed by atoms with Crippen LogP contribution in [-0.4, -0.2) is 27.2 Å². The molecule has 0 aromatic heterocycles. The maximum Gasteiger partial charge on any atom is 0.230 e. The second kappa shape index (κ2) is 5.99. The van der Waals surface area contributed by atoms with Crippen LogP contribution in [0.5, 0.6) is 0 Å². The molecule has 0 bridgehead atoms. The van der Waals surface area contributed by atoms with Gasteiger partial charge in [0.1, 0.15) is 5.54 Å². The number of thiocarbonyl (C=S) groups is 1. The summed E-state index contributed by atoms with van der Waals surface area (Å²) in [5.41, 5.74) is 5.27. The van der Waals surface area contributed by atoms with E-state index in [9.17, 15) is 9.59 Å². The van der Waals surface area contributed by atoms with Crippen molar-refractivity contribution in [3.05, 3.63) is 0 Å². The first-order valence-corrected chi connectivity index (χ1v) is 7.64. The molecule has 2 rings (SSSR count). The van der Waals surface area contributed by atoms with Gasteiger partial charge in [-0.1, -0.05) is 37.9 Å². The van der Waals surface area contributed by atoms with Crippen molar-refractivity contribution in [2.24, 2.45) is 5.73 Å². The summed E-state index contributed by atoms with van der Waals surface area (Å²) in [6.45, 7) is 0. The number of amides is 2. The molecule has 106 valence electrons. The highest BCUT2D eigenvalue weighted by molar-refractivity contribution is 7.80. The number of rotatable bonds is 2. The van der Waals surface area contributed by atoms with Crippen molar-refractivity contribution in [2.45, 2.75) is 69.7 Å². The highest BCUT2D eigenvalue weighted by Gasteiger charge is 2.45. The Hall–Kier alpha value is -0.970. The fraction of sp³-hybridized carbons (Fsp3) is 0.786. The maximum absolute atomic E-state index is 12.3. The first-order valence-electron chi connectivity index (χ1n) is 7.24. The molecule has 2 amide bonds. The average molecular weight is 282 g/mol. The molecule has 19 heavy (non-hydrogen) atoms. The molecule has 0 aromatic carbocycles. The molecule has 0 spiro atoms. The second-order valence-electron chi connectivity index (χ2n) is 5.64. The van der Waals surface area contributed by atoms with Crippen molar-refractivity contribution in [1.29, 1.82) is 0 Å². The summed E-state index contributed by atoms with van der Waals surface area (Å²) in [5.74, 6) is -0.172. The van der Waals surface area contributed by atoms with Crippen LogP contribution in [0.25, 0.3) is 0 Å².